The van der Waals surface area contributed by atoms with Crippen molar-refractivity contribution in [2.24, 2.45) is 0 Å². The number of nitrogens with one attached hydrogen (secondary N) is 1. The van der Waals surface area contributed by atoms with Crippen LogP contribution in [0.5, 0.6) is 0 Å². The summed E-state index contributed by atoms with van der Waals surface area (Å²) < 4.78 is 44.4. The molecular formula is C16H17F3N2OS. The lowest BCUT2D eigenvalue weighted by molar-refractivity contribution is -0.137. The molecule has 2 aliphatic heterocycles. The fourth-order valence-corrected chi connectivity index (χ4v) is 4.60. The van der Waals surface area contributed by atoms with Crippen molar-refractivity contribution in [1.82, 2.24) is 0 Å². The average molecular weight is 342 g/mol. The van der Waals surface area contributed by atoms with E-state index in [2.05, 4.69) is 5.32 Å². The second-order valence-electron chi connectivity index (χ2n) is 6.04. The minimum atomic E-state index is -4.51. The van der Waals surface area contributed by atoms with Crippen LogP contribution in [0, 0.1) is 11.3 Å². The van der Waals surface area contributed by atoms with Crippen LogP contribution in [0.3, 0.4) is 0 Å². The highest BCUT2D eigenvalue weighted by Crippen LogP contribution is 2.39. The summed E-state index contributed by atoms with van der Waals surface area (Å²) in [6.07, 6.45) is -1.82. The Morgan fingerprint density at radius 1 is 1.39 bits per heavy atom. The van der Waals surface area contributed by atoms with E-state index in [4.69, 9.17) is 10.00 Å². The summed E-state index contributed by atoms with van der Waals surface area (Å²) in [5, 5.41) is 12.3. The molecule has 23 heavy (non-hydrogen) atoms. The van der Waals surface area contributed by atoms with E-state index in [1.807, 2.05) is 11.8 Å². The first-order chi connectivity index (χ1) is 10.9. The Kier molecular flexibility index (Phi) is 4.47. The Labute approximate surface area is 137 Å². The first-order valence-electron chi connectivity index (χ1n) is 7.51. The summed E-state index contributed by atoms with van der Waals surface area (Å²) in [4.78, 5) is 0. The van der Waals surface area contributed by atoms with Crippen molar-refractivity contribution in [2.75, 3.05) is 23.4 Å². The highest BCUT2D eigenvalue weighted by molar-refractivity contribution is 7.99. The quantitative estimate of drug-likeness (QED) is 0.881. The standard InChI is InChI=1S/C16H17F3N2OS/c17-16(18,19)14-2-1-12(7-11(14)9-20)21-13-3-5-22-15(8-13)4-6-23-10-15/h1-2,7,13,21H,3-6,8,10H2. The van der Waals surface area contributed by atoms with E-state index < -0.39 is 11.7 Å². The van der Waals surface area contributed by atoms with Crippen LogP contribution in [-0.4, -0.2) is 29.8 Å². The van der Waals surface area contributed by atoms with Crippen molar-refractivity contribution in [1.29, 1.82) is 5.26 Å². The second kappa shape index (κ2) is 6.25. The van der Waals surface area contributed by atoms with Gasteiger partial charge in [0.15, 0.2) is 0 Å². The molecule has 0 bridgehead atoms. The molecule has 0 aromatic heterocycles. The summed E-state index contributed by atoms with van der Waals surface area (Å²) in [6, 6.07) is 5.46. The number of hydrogen-bond donors (Lipinski definition) is 1. The Bertz CT molecular complexity index is 621. The molecule has 7 heteroatoms. The number of nitriles is 1. The Morgan fingerprint density at radius 2 is 2.22 bits per heavy atom. The Balaban J connectivity index is 1.74. The van der Waals surface area contributed by atoms with E-state index in [0.29, 0.717) is 12.3 Å². The van der Waals surface area contributed by atoms with Gasteiger partial charge in [-0.2, -0.15) is 30.2 Å². The molecule has 2 atom stereocenters. The lowest BCUT2D eigenvalue weighted by Crippen LogP contribution is -2.44. The van der Waals surface area contributed by atoms with Gasteiger partial charge in [0.05, 0.1) is 22.8 Å². The highest BCUT2D eigenvalue weighted by Gasteiger charge is 2.40. The zero-order chi connectivity index (χ0) is 16.5. The molecule has 3 rings (SSSR count). The monoisotopic (exact) mass is 342 g/mol. The fourth-order valence-electron chi connectivity index (χ4n) is 3.22. The van der Waals surface area contributed by atoms with E-state index in [9.17, 15) is 13.2 Å². The molecule has 0 amide bonds. The van der Waals surface area contributed by atoms with Gasteiger partial charge in [0, 0.05) is 24.1 Å². The fraction of sp³-hybridized carbons (Fsp3) is 0.562. The molecule has 0 radical (unpaired) electrons. The summed E-state index contributed by atoms with van der Waals surface area (Å²) in [7, 11) is 0. The molecule has 0 aliphatic carbocycles. The molecule has 0 saturated carbocycles. The van der Waals surface area contributed by atoms with Crippen LogP contribution in [0.1, 0.15) is 30.4 Å². The molecule has 2 saturated heterocycles. The van der Waals surface area contributed by atoms with E-state index in [0.717, 1.165) is 36.8 Å². The number of halogens is 3. The van der Waals surface area contributed by atoms with Crippen LogP contribution in [-0.2, 0) is 10.9 Å². The van der Waals surface area contributed by atoms with Gasteiger partial charge >= 0.3 is 6.18 Å². The molecule has 3 nitrogen and oxygen atoms in total. The van der Waals surface area contributed by atoms with Crippen LogP contribution in [0.2, 0.25) is 0 Å². The molecule has 2 aliphatic rings. The first-order valence-corrected chi connectivity index (χ1v) is 8.67. The van der Waals surface area contributed by atoms with Gasteiger partial charge in [0.25, 0.3) is 0 Å². The normalized spacial score (nSPS) is 27.8. The van der Waals surface area contributed by atoms with Crippen LogP contribution in [0.4, 0.5) is 18.9 Å². The largest absolute Gasteiger partial charge is 0.417 e. The number of nitrogens with zero attached hydrogens (tertiary/aromatic N) is 1. The number of rotatable bonds is 2. The summed E-state index contributed by atoms with van der Waals surface area (Å²) in [5.41, 5.74) is -0.769. The molecule has 2 fully saturated rings. The van der Waals surface area contributed by atoms with Crippen LogP contribution < -0.4 is 5.32 Å². The Hall–Kier alpha value is -1.39. The minimum absolute atomic E-state index is 0.0927. The van der Waals surface area contributed by atoms with E-state index in [1.54, 1.807) is 6.07 Å². The number of hydrogen-bond acceptors (Lipinski definition) is 4. The SMILES string of the molecule is N#Cc1cc(NC2CCOC3(CCSC3)C2)ccc1C(F)(F)F. The van der Waals surface area contributed by atoms with E-state index in [-0.39, 0.29) is 17.2 Å². The van der Waals surface area contributed by atoms with E-state index >= 15 is 0 Å². The van der Waals surface area contributed by atoms with Gasteiger partial charge in [-0.3, -0.25) is 0 Å². The second-order valence-corrected chi connectivity index (χ2v) is 7.14. The summed E-state index contributed by atoms with van der Waals surface area (Å²) in [5.74, 6) is 2.06. The molecule has 2 unspecified atom stereocenters. The molecule has 2 heterocycles. The van der Waals surface area contributed by atoms with Gasteiger partial charge in [-0.05, 0) is 43.2 Å². The van der Waals surface area contributed by atoms with Crippen LogP contribution in [0.15, 0.2) is 18.2 Å². The Morgan fingerprint density at radius 3 is 2.87 bits per heavy atom. The van der Waals surface area contributed by atoms with Crippen molar-refractivity contribution in [3.05, 3.63) is 29.3 Å². The average Bonchev–Trinajstić information content (AvgIpc) is 2.93. The minimum Gasteiger partial charge on any atom is -0.382 e. The number of anilines is 1. The molecule has 1 N–H and O–H groups in total. The molecule has 124 valence electrons. The van der Waals surface area contributed by atoms with Crippen LogP contribution >= 0.6 is 11.8 Å². The summed E-state index contributed by atoms with van der Waals surface area (Å²) in [6.45, 7) is 0.657. The number of alkyl halides is 3. The zero-order valence-electron chi connectivity index (χ0n) is 12.4. The summed E-state index contributed by atoms with van der Waals surface area (Å²) >= 11 is 1.88. The molecule has 1 aromatic carbocycles. The van der Waals surface area contributed by atoms with Crippen molar-refractivity contribution in [2.45, 2.75) is 37.1 Å². The predicted molar refractivity (Wildman–Crippen MR) is 83.4 cm³/mol. The van der Waals surface area contributed by atoms with Gasteiger partial charge in [-0.25, -0.2) is 0 Å². The zero-order valence-corrected chi connectivity index (χ0v) is 13.3. The smallest absolute Gasteiger partial charge is 0.382 e. The van der Waals surface area contributed by atoms with Gasteiger partial charge in [0.2, 0.25) is 0 Å². The topological polar surface area (TPSA) is 45.0 Å². The van der Waals surface area contributed by atoms with Crippen LogP contribution in [0.25, 0.3) is 0 Å². The molecule has 1 spiro atoms. The molecule has 1 aromatic rings. The van der Waals surface area contributed by atoms with Crippen molar-refractivity contribution < 1.29 is 17.9 Å². The first kappa shape index (κ1) is 16.5. The van der Waals surface area contributed by atoms with Gasteiger partial charge < -0.3 is 10.1 Å². The maximum atomic E-state index is 12.8. The number of thioether (sulfide) groups is 1. The van der Waals surface area contributed by atoms with Gasteiger partial charge in [0.1, 0.15) is 0 Å². The third-order valence-electron chi connectivity index (χ3n) is 4.38. The maximum Gasteiger partial charge on any atom is 0.417 e. The highest BCUT2D eigenvalue weighted by atomic mass is 32.2. The number of benzene rings is 1. The third kappa shape index (κ3) is 3.59. The predicted octanol–water partition coefficient (Wildman–Crippen LogP) is 4.04. The maximum absolute atomic E-state index is 12.8. The van der Waals surface area contributed by atoms with Crippen molar-refractivity contribution in [3.8, 4) is 6.07 Å². The lowest BCUT2D eigenvalue weighted by atomic mass is 9.89. The number of ether oxygens (including phenoxy) is 1. The third-order valence-corrected chi connectivity index (χ3v) is 5.60. The van der Waals surface area contributed by atoms with E-state index in [1.165, 1.54) is 12.1 Å². The van der Waals surface area contributed by atoms with Gasteiger partial charge in [-0.15, -0.1) is 0 Å². The van der Waals surface area contributed by atoms with Gasteiger partial charge in [-0.1, -0.05) is 0 Å². The molecular weight excluding hydrogens is 325 g/mol. The van der Waals surface area contributed by atoms with Crippen molar-refractivity contribution in [3.63, 3.8) is 0 Å². The van der Waals surface area contributed by atoms with Crippen molar-refractivity contribution >= 4 is 17.4 Å². The lowest BCUT2D eigenvalue weighted by Gasteiger charge is -2.38.